The van der Waals surface area contributed by atoms with E-state index < -0.39 is 0 Å². The van der Waals surface area contributed by atoms with Crippen molar-refractivity contribution < 1.29 is 4.79 Å². The van der Waals surface area contributed by atoms with Crippen LogP contribution in [-0.4, -0.2) is 6.29 Å². The van der Waals surface area contributed by atoms with Gasteiger partial charge in [0.1, 0.15) is 6.29 Å². The maximum atomic E-state index is 10.9. The van der Waals surface area contributed by atoms with Crippen molar-refractivity contribution in [3.05, 3.63) is 12.2 Å². The number of carbonyl (C=O) groups is 1. The van der Waals surface area contributed by atoms with E-state index in [0.29, 0.717) is 5.92 Å². The third kappa shape index (κ3) is 8.18. The molecule has 0 aromatic rings. The molecule has 0 bridgehead atoms. The van der Waals surface area contributed by atoms with E-state index in [2.05, 4.69) is 12.2 Å². The van der Waals surface area contributed by atoms with Gasteiger partial charge in [-0.15, -0.1) is 0 Å². The van der Waals surface area contributed by atoms with Crippen molar-refractivity contribution >= 4 is 6.29 Å². The Morgan fingerprint density at radius 3 is 1.76 bits per heavy atom. The average molecular weight is 236 g/mol. The molecule has 1 atom stereocenters. The highest BCUT2D eigenvalue weighted by molar-refractivity contribution is 5.53. The molecule has 0 amide bonds. The van der Waals surface area contributed by atoms with Crippen molar-refractivity contribution in [3.8, 4) is 0 Å². The van der Waals surface area contributed by atoms with Crippen LogP contribution in [0.3, 0.4) is 0 Å². The third-order valence-electron chi connectivity index (χ3n) is 3.75. The van der Waals surface area contributed by atoms with Crippen LogP contribution < -0.4 is 0 Å². The Labute approximate surface area is 107 Å². The van der Waals surface area contributed by atoms with Crippen molar-refractivity contribution in [1.82, 2.24) is 0 Å². The second-order valence-corrected chi connectivity index (χ2v) is 5.35. The van der Waals surface area contributed by atoms with Crippen LogP contribution in [0.25, 0.3) is 0 Å². The molecule has 0 saturated heterocycles. The van der Waals surface area contributed by atoms with Gasteiger partial charge < -0.3 is 4.79 Å². The van der Waals surface area contributed by atoms with Gasteiger partial charge in [0.05, 0.1) is 0 Å². The van der Waals surface area contributed by atoms with Gasteiger partial charge in [-0.25, -0.2) is 0 Å². The molecule has 98 valence electrons. The van der Waals surface area contributed by atoms with Gasteiger partial charge in [0, 0.05) is 5.92 Å². The standard InChI is InChI=1S/C16H28O/c17-15-16-13-11-9-7-5-3-1-2-4-6-8-10-12-14-16/h1,3,15-16H,2,4-14H2/t16-/m0/s1. The van der Waals surface area contributed by atoms with Crippen LogP contribution in [0.5, 0.6) is 0 Å². The SMILES string of the molecule is O=C[C@H]1CCCCCC=CCCCCCCC1. The van der Waals surface area contributed by atoms with Crippen LogP contribution in [0, 0.1) is 5.92 Å². The minimum absolute atomic E-state index is 0.343. The Balaban J connectivity index is 2.24. The molecule has 1 heteroatoms. The molecule has 1 nitrogen and oxygen atoms in total. The molecule has 0 N–H and O–H groups in total. The van der Waals surface area contributed by atoms with Gasteiger partial charge in [0.2, 0.25) is 0 Å². The van der Waals surface area contributed by atoms with E-state index in [0.717, 1.165) is 12.8 Å². The number of aldehydes is 1. The lowest BCUT2D eigenvalue weighted by Crippen LogP contribution is -2.02. The lowest BCUT2D eigenvalue weighted by atomic mass is 9.96. The first-order valence-electron chi connectivity index (χ1n) is 7.54. The van der Waals surface area contributed by atoms with Gasteiger partial charge in [0.25, 0.3) is 0 Å². The van der Waals surface area contributed by atoms with Crippen LogP contribution in [0.4, 0.5) is 0 Å². The van der Waals surface area contributed by atoms with E-state index >= 15 is 0 Å². The zero-order valence-corrected chi connectivity index (χ0v) is 11.2. The molecule has 1 rings (SSSR count). The summed E-state index contributed by atoms with van der Waals surface area (Å²) in [7, 11) is 0. The molecular weight excluding hydrogens is 208 g/mol. The monoisotopic (exact) mass is 236 g/mol. The minimum Gasteiger partial charge on any atom is -0.303 e. The Bertz CT molecular complexity index is 208. The van der Waals surface area contributed by atoms with E-state index in [1.807, 2.05) is 0 Å². The zero-order valence-electron chi connectivity index (χ0n) is 11.2. The summed E-state index contributed by atoms with van der Waals surface area (Å²) in [5.41, 5.74) is 0. The molecule has 1 aliphatic rings. The summed E-state index contributed by atoms with van der Waals surface area (Å²) < 4.78 is 0. The normalized spacial score (nSPS) is 25.8. The Kier molecular flexibility index (Phi) is 8.99. The molecule has 0 radical (unpaired) electrons. The van der Waals surface area contributed by atoms with E-state index in [1.165, 1.54) is 70.5 Å². The van der Waals surface area contributed by atoms with Gasteiger partial charge in [-0.2, -0.15) is 0 Å². The molecule has 0 aromatic heterocycles. The van der Waals surface area contributed by atoms with Crippen molar-refractivity contribution in [2.24, 2.45) is 5.92 Å². The number of carbonyl (C=O) groups excluding carboxylic acids is 1. The Hall–Kier alpha value is -0.590. The molecule has 0 saturated carbocycles. The van der Waals surface area contributed by atoms with E-state index in [4.69, 9.17) is 0 Å². The van der Waals surface area contributed by atoms with Gasteiger partial charge in [0.15, 0.2) is 0 Å². The summed E-state index contributed by atoms with van der Waals surface area (Å²) >= 11 is 0. The lowest BCUT2D eigenvalue weighted by Gasteiger charge is -2.09. The van der Waals surface area contributed by atoms with Crippen molar-refractivity contribution in [3.63, 3.8) is 0 Å². The fourth-order valence-corrected chi connectivity index (χ4v) is 2.56. The molecule has 0 aromatic carbocycles. The molecule has 0 fully saturated rings. The van der Waals surface area contributed by atoms with E-state index in [-0.39, 0.29) is 0 Å². The smallest absolute Gasteiger partial charge is 0.123 e. The van der Waals surface area contributed by atoms with E-state index in [1.54, 1.807) is 0 Å². The Morgan fingerprint density at radius 2 is 1.18 bits per heavy atom. The maximum absolute atomic E-state index is 10.9. The molecule has 1 aliphatic carbocycles. The Morgan fingerprint density at radius 1 is 0.706 bits per heavy atom. The summed E-state index contributed by atoms with van der Waals surface area (Å²) in [5, 5.41) is 0. The first-order valence-corrected chi connectivity index (χ1v) is 7.54. The van der Waals surface area contributed by atoms with Crippen LogP contribution in [0.2, 0.25) is 0 Å². The van der Waals surface area contributed by atoms with Gasteiger partial charge in [-0.3, -0.25) is 0 Å². The van der Waals surface area contributed by atoms with Crippen molar-refractivity contribution in [1.29, 1.82) is 0 Å². The fourth-order valence-electron chi connectivity index (χ4n) is 2.56. The molecule has 0 unspecified atom stereocenters. The second kappa shape index (κ2) is 10.6. The van der Waals surface area contributed by atoms with Gasteiger partial charge >= 0.3 is 0 Å². The summed E-state index contributed by atoms with van der Waals surface area (Å²) in [5.74, 6) is 0.343. The third-order valence-corrected chi connectivity index (χ3v) is 3.75. The van der Waals surface area contributed by atoms with E-state index in [9.17, 15) is 4.79 Å². The van der Waals surface area contributed by atoms with Gasteiger partial charge in [-0.1, -0.05) is 50.7 Å². The highest BCUT2D eigenvalue weighted by Crippen LogP contribution is 2.17. The molecular formula is C16H28O. The average Bonchev–Trinajstić information content (AvgIpc) is 2.36. The zero-order chi connectivity index (χ0) is 12.2. The lowest BCUT2D eigenvalue weighted by molar-refractivity contribution is -0.111. The summed E-state index contributed by atoms with van der Waals surface area (Å²) in [6.07, 6.45) is 21.0. The van der Waals surface area contributed by atoms with Crippen molar-refractivity contribution in [2.45, 2.75) is 77.0 Å². The molecule has 17 heavy (non-hydrogen) atoms. The predicted octanol–water partition coefficient (Wildman–Crippen LogP) is 5.05. The number of hydrogen-bond acceptors (Lipinski definition) is 1. The summed E-state index contributed by atoms with van der Waals surface area (Å²) in [4.78, 5) is 10.9. The number of allylic oxidation sites excluding steroid dienone is 2. The van der Waals surface area contributed by atoms with Crippen LogP contribution >= 0.6 is 0 Å². The number of rotatable bonds is 1. The first kappa shape index (κ1) is 14.5. The summed E-state index contributed by atoms with van der Waals surface area (Å²) in [6, 6.07) is 0. The molecule has 0 spiro atoms. The number of hydrogen-bond donors (Lipinski definition) is 0. The van der Waals surface area contributed by atoms with Gasteiger partial charge in [-0.05, 0) is 38.5 Å². The largest absolute Gasteiger partial charge is 0.303 e. The van der Waals surface area contributed by atoms with Crippen LogP contribution in [0.1, 0.15) is 77.0 Å². The van der Waals surface area contributed by atoms with Crippen LogP contribution in [-0.2, 0) is 4.79 Å². The van der Waals surface area contributed by atoms with Crippen molar-refractivity contribution in [2.75, 3.05) is 0 Å². The minimum atomic E-state index is 0.343. The first-order chi connectivity index (χ1) is 8.43. The topological polar surface area (TPSA) is 17.1 Å². The predicted molar refractivity (Wildman–Crippen MR) is 74.1 cm³/mol. The summed E-state index contributed by atoms with van der Waals surface area (Å²) in [6.45, 7) is 0. The second-order valence-electron chi connectivity index (χ2n) is 5.35. The highest BCUT2D eigenvalue weighted by atomic mass is 16.1. The van der Waals surface area contributed by atoms with Crippen LogP contribution in [0.15, 0.2) is 12.2 Å². The molecule has 0 heterocycles. The fraction of sp³-hybridized carbons (Fsp3) is 0.812. The quantitative estimate of drug-likeness (QED) is 0.460. The molecule has 0 aliphatic heterocycles. The maximum Gasteiger partial charge on any atom is 0.123 e. The highest BCUT2D eigenvalue weighted by Gasteiger charge is 2.06.